The molecule has 0 unspecified atom stereocenters. The fourth-order valence-corrected chi connectivity index (χ4v) is 3.49. The zero-order chi connectivity index (χ0) is 23.7. The average Bonchev–Trinajstić information content (AvgIpc) is 3.38. The van der Waals surface area contributed by atoms with Crippen molar-refractivity contribution >= 4 is 22.6 Å². The standard InChI is InChI=1S/C22H18F4N4O3/c1-11-5-6-17(33-22(25)26)14(8-11)27-18(31)10-30-21-19(12(2)29-30)13(20(23)24)9-15(28-21)16-4-3-7-32-16/h3-9,20,22H,10H2,1-2H3,(H,27,31). The first-order chi connectivity index (χ1) is 15.7. The Morgan fingerprint density at radius 1 is 1.18 bits per heavy atom. The van der Waals surface area contributed by atoms with Gasteiger partial charge in [-0.2, -0.15) is 13.9 Å². The number of ether oxygens (including phenoxy) is 1. The van der Waals surface area contributed by atoms with Gasteiger partial charge < -0.3 is 14.5 Å². The topological polar surface area (TPSA) is 82.2 Å². The number of carbonyl (C=O) groups excluding carboxylic acids is 1. The van der Waals surface area contributed by atoms with Gasteiger partial charge in [-0.15, -0.1) is 0 Å². The first-order valence-electron chi connectivity index (χ1n) is 9.78. The lowest BCUT2D eigenvalue weighted by Crippen LogP contribution is -2.20. The number of anilines is 1. The Morgan fingerprint density at radius 3 is 2.64 bits per heavy atom. The van der Waals surface area contributed by atoms with Crippen molar-refractivity contribution in [3.05, 3.63) is 59.5 Å². The quantitative estimate of drug-likeness (QED) is 0.368. The minimum atomic E-state index is -3.07. The van der Waals surface area contributed by atoms with Gasteiger partial charge in [-0.05, 0) is 49.7 Å². The summed E-state index contributed by atoms with van der Waals surface area (Å²) >= 11 is 0. The number of fused-ring (bicyclic) bond motifs is 1. The van der Waals surface area contributed by atoms with E-state index in [9.17, 15) is 22.4 Å². The number of halogens is 4. The Bertz CT molecular complexity index is 1300. The third-order valence-corrected chi connectivity index (χ3v) is 4.84. The van der Waals surface area contributed by atoms with Gasteiger partial charge in [0.05, 0.1) is 23.0 Å². The zero-order valence-electron chi connectivity index (χ0n) is 17.5. The molecule has 11 heteroatoms. The number of carbonyl (C=O) groups is 1. The van der Waals surface area contributed by atoms with Gasteiger partial charge in [0.25, 0.3) is 6.43 Å². The smallest absolute Gasteiger partial charge is 0.387 e. The van der Waals surface area contributed by atoms with Crippen molar-refractivity contribution < 1.29 is 31.5 Å². The first kappa shape index (κ1) is 22.3. The van der Waals surface area contributed by atoms with Crippen LogP contribution in [0.3, 0.4) is 0 Å². The summed E-state index contributed by atoms with van der Waals surface area (Å²) < 4.78 is 63.9. The van der Waals surface area contributed by atoms with E-state index >= 15 is 0 Å². The van der Waals surface area contributed by atoms with Gasteiger partial charge in [0.2, 0.25) is 5.91 Å². The molecule has 3 heterocycles. The van der Waals surface area contributed by atoms with Crippen molar-refractivity contribution in [1.82, 2.24) is 14.8 Å². The molecule has 1 aromatic carbocycles. The molecule has 0 saturated carbocycles. The van der Waals surface area contributed by atoms with E-state index in [-0.39, 0.29) is 45.2 Å². The maximum atomic E-state index is 13.8. The van der Waals surface area contributed by atoms with Crippen LogP contribution in [-0.4, -0.2) is 27.3 Å². The molecule has 1 N–H and O–H groups in total. The molecular weight excluding hydrogens is 444 g/mol. The van der Waals surface area contributed by atoms with Gasteiger partial charge in [-0.25, -0.2) is 18.4 Å². The lowest BCUT2D eigenvalue weighted by Gasteiger charge is -2.13. The maximum absolute atomic E-state index is 13.8. The second-order valence-electron chi connectivity index (χ2n) is 7.24. The molecule has 1 amide bonds. The molecule has 4 aromatic rings. The Labute approximate surface area is 185 Å². The van der Waals surface area contributed by atoms with E-state index in [0.29, 0.717) is 5.56 Å². The molecule has 0 spiro atoms. The number of rotatable bonds is 7. The first-order valence-corrected chi connectivity index (χ1v) is 9.78. The molecular formula is C22H18F4N4O3. The van der Waals surface area contributed by atoms with Crippen LogP contribution in [0.2, 0.25) is 0 Å². The van der Waals surface area contributed by atoms with Gasteiger partial charge >= 0.3 is 6.61 Å². The normalized spacial score (nSPS) is 11.5. The third kappa shape index (κ3) is 4.66. The molecule has 0 fully saturated rings. The lowest BCUT2D eigenvalue weighted by molar-refractivity contribution is -0.116. The molecule has 0 aliphatic carbocycles. The minimum Gasteiger partial charge on any atom is -0.463 e. The van der Waals surface area contributed by atoms with Crippen LogP contribution in [0.15, 0.2) is 47.1 Å². The van der Waals surface area contributed by atoms with Gasteiger partial charge in [-0.3, -0.25) is 4.79 Å². The van der Waals surface area contributed by atoms with Crippen LogP contribution in [0, 0.1) is 13.8 Å². The molecule has 3 aromatic heterocycles. The van der Waals surface area contributed by atoms with E-state index in [1.54, 1.807) is 25.1 Å². The van der Waals surface area contributed by atoms with E-state index in [4.69, 9.17) is 4.42 Å². The summed E-state index contributed by atoms with van der Waals surface area (Å²) in [6.45, 7) is -0.216. The monoisotopic (exact) mass is 462 g/mol. The number of nitrogens with zero attached hydrogens (tertiary/aromatic N) is 3. The number of alkyl halides is 4. The number of amides is 1. The number of benzene rings is 1. The van der Waals surface area contributed by atoms with Gasteiger partial charge in [0.1, 0.15) is 18.0 Å². The van der Waals surface area contributed by atoms with E-state index in [1.807, 2.05) is 0 Å². The summed E-state index contributed by atoms with van der Waals surface area (Å²) in [6, 6.07) is 8.75. The van der Waals surface area contributed by atoms with Crippen molar-refractivity contribution in [2.45, 2.75) is 33.4 Å². The predicted octanol–water partition coefficient (Wildman–Crippen LogP) is 5.49. The number of hydrogen-bond acceptors (Lipinski definition) is 5. The summed E-state index contributed by atoms with van der Waals surface area (Å²) in [7, 11) is 0. The Hall–Kier alpha value is -3.89. The van der Waals surface area contributed by atoms with E-state index in [1.165, 1.54) is 36.1 Å². The van der Waals surface area contributed by atoms with E-state index in [0.717, 1.165) is 0 Å². The van der Waals surface area contributed by atoms with Crippen molar-refractivity contribution in [2.75, 3.05) is 5.32 Å². The van der Waals surface area contributed by atoms with Crippen molar-refractivity contribution in [2.24, 2.45) is 0 Å². The summed E-state index contributed by atoms with van der Waals surface area (Å²) in [5.74, 6) is -0.557. The van der Waals surface area contributed by atoms with Crippen LogP contribution in [0.4, 0.5) is 23.2 Å². The summed E-state index contributed by atoms with van der Waals surface area (Å²) in [4.78, 5) is 17.1. The van der Waals surface area contributed by atoms with Crippen molar-refractivity contribution in [3.63, 3.8) is 0 Å². The molecule has 33 heavy (non-hydrogen) atoms. The Balaban J connectivity index is 1.70. The molecule has 0 bridgehead atoms. The molecule has 0 saturated heterocycles. The Morgan fingerprint density at radius 2 is 1.97 bits per heavy atom. The fraction of sp³-hybridized carbons (Fsp3) is 0.227. The molecule has 7 nitrogen and oxygen atoms in total. The summed E-state index contributed by atoms with van der Waals surface area (Å²) in [5, 5.41) is 6.84. The number of aromatic nitrogens is 3. The van der Waals surface area contributed by atoms with Crippen LogP contribution in [0.1, 0.15) is 23.2 Å². The lowest BCUT2D eigenvalue weighted by atomic mass is 10.1. The highest BCUT2D eigenvalue weighted by Gasteiger charge is 2.23. The largest absolute Gasteiger partial charge is 0.463 e. The van der Waals surface area contributed by atoms with Crippen LogP contribution >= 0.6 is 0 Å². The molecule has 0 atom stereocenters. The van der Waals surface area contributed by atoms with E-state index < -0.39 is 25.5 Å². The molecule has 4 rings (SSSR count). The number of aryl methyl sites for hydroxylation is 2. The van der Waals surface area contributed by atoms with Crippen LogP contribution in [0.25, 0.3) is 22.5 Å². The second kappa shape index (κ2) is 8.93. The number of pyridine rings is 1. The van der Waals surface area contributed by atoms with Crippen LogP contribution in [-0.2, 0) is 11.3 Å². The fourth-order valence-electron chi connectivity index (χ4n) is 3.49. The SMILES string of the molecule is Cc1ccc(OC(F)F)c(NC(=O)Cn2nc(C)c3c(C(F)F)cc(-c4ccco4)nc32)c1. The number of hydrogen-bond donors (Lipinski definition) is 1. The highest BCUT2D eigenvalue weighted by Crippen LogP contribution is 2.33. The average molecular weight is 462 g/mol. The van der Waals surface area contributed by atoms with Gasteiger partial charge in [0, 0.05) is 5.56 Å². The molecule has 172 valence electrons. The third-order valence-electron chi connectivity index (χ3n) is 4.84. The summed E-state index contributed by atoms with van der Waals surface area (Å²) in [6.07, 6.45) is -1.42. The Kier molecular flexibility index (Phi) is 6.03. The van der Waals surface area contributed by atoms with Crippen LogP contribution in [0.5, 0.6) is 5.75 Å². The maximum Gasteiger partial charge on any atom is 0.387 e. The predicted molar refractivity (Wildman–Crippen MR) is 111 cm³/mol. The van der Waals surface area contributed by atoms with Crippen molar-refractivity contribution in [3.8, 4) is 17.2 Å². The molecule has 0 aliphatic heterocycles. The molecule has 0 radical (unpaired) electrons. The summed E-state index contributed by atoms with van der Waals surface area (Å²) in [5.41, 5.74) is 0.964. The highest BCUT2D eigenvalue weighted by molar-refractivity contribution is 5.93. The number of nitrogens with one attached hydrogen (secondary N) is 1. The van der Waals surface area contributed by atoms with Crippen LogP contribution < -0.4 is 10.1 Å². The van der Waals surface area contributed by atoms with Crippen molar-refractivity contribution in [1.29, 1.82) is 0 Å². The van der Waals surface area contributed by atoms with E-state index in [2.05, 4.69) is 20.1 Å². The van der Waals surface area contributed by atoms with Gasteiger partial charge in [0.15, 0.2) is 11.4 Å². The van der Waals surface area contributed by atoms with Gasteiger partial charge in [-0.1, -0.05) is 6.07 Å². The number of furan rings is 1. The molecule has 0 aliphatic rings. The highest BCUT2D eigenvalue weighted by atomic mass is 19.3. The zero-order valence-corrected chi connectivity index (χ0v) is 17.5. The minimum absolute atomic E-state index is 0.0472. The second-order valence-corrected chi connectivity index (χ2v) is 7.24.